The number of carbonyl (C=O) groups is 1. The molecular formula is C23H12ClN3O5. The predicted octanol–water partition coefficient (Wildman–Crippen LogP) is 4.17. The SMILES string of the molecule is O=C1OC2(c3ccc(O)cc3Oc3cc(O)ccc32)c2cccc(-c3ncnc(Cl)n3)c21. The van der Waals surface area contributed by atoms with Crippen LogP contribution in [-0.2, 0) is 10.3 Å². The van der Waals surface area contributed by atoms with E-state index in [1.54, 1.807) is 30.3 Å². The fourth-order valence-electron chi connectivity index (χ4n) is 4.34. The van der Waals surface area contributed by atoms with Crippen molar-refractivity contribution in [3.8, 4) is 34.4 Å². The summed E-state index contributed by atoms with van der Waals surface area (Å²) >= 11 is 5.95. The van der Waals surface area contributed by atoms with E-state index < -0.39 is 11.6 Å². The molecular weight excluding hydrogens is 434 g/mol. The third kappa shape index (κ3) is 2.44. The van der Waals surface area contributed by atoms with Gasteiger partial charge in [-0.25, -0.2) is 14.8 Å². The standard InChI is InChI=1S/C23H12ClN3O5/c24-22-26-10-25-20(27-22)13-2-1-3-16-19(13)21(30)32-23(16)14-6-4-11(28)8-17(14)31-18-9-12(29)5-7-15(18)23/h1-10,28-29H. The summed E-state index contributed by atoms with van der Waals surface area (Å²) in [4.78, 5) is 25.4. The Bertz CT molecular complexity index is 1400. The van der Waals surface area contributed by atoms with Gasteiger partial charge < -0.3 is 19.7 Å². The Morgan fingerprint density at radius 3 is 2.22 bits per heavy atom. The molecule has 2 N–H and O–H groups in total. The van der Waals surface area contributed by atoms with Gasteiger partial charge >= 0.3 is 5.97 Å². The van der Waals surface area contributed by atoms with Crippen molar-refractivity contribution >= 4 is 17.6 Å². The minimum Gasteiger partial charge on any atom is -0.508 e. The highest BCUT2D eigenvalue weighted by Gasteiger charge is 2.54. The van der Waals surface area contributed by atoms with Crippen LogP contribution in [0.4, 0.5) is 0 Å². The maximum atomic E-state index is 13.3. The third-order valence-corrected chi connectivity index (χ3v) is 5.77. The average Bonchev–Trinajstić information content (AvgIpc) is 3.06. The molecule has 3 aromatic carbocycles. The number of halogens is 1. The molecule has 2 aliphatic rings. The summed E-state index contributed by atoms with van der Waals surface area (Å²) < 4.78 is 12.0. The highest BCUT2D eigenvalue weighted by atomic mass is 35.5. The van der Waals surface area contributed by atoms with Gasteiger partial charge in [-0.15, -0.1) is 0 Å². The zero-order valence-electron chi connectivity index (χ0n) is 16.1. The Morgan fingerprint density at radius 1 is 0.875 bits per heavy atom. The number of nitrogens with zero attached hydrogens (tertiary/aromatic N) is 3. The number of esters is 1. The van der Waals surface area contributed by atoms with Crippen molar-refractivity contribution in [1.29, 1.82) is 0 Å². The number of hydrogen-bond acceptors (Lipinski definition) is 8. The Kier molecular flexibility index (Phi) is 3.73. The molecule has 0 amide bonds. The Morgan fingerprint density at radius 2 is 1.56 bits per heavy atom. The lowest BCUT2D eigenvalue weighted by molar-refractivity contribution is 0.0224. The van der Waals surface area contributed by atoms with Gasteiger partial charge in [0.2, 0.25) is 5.28 Å². The second-order valence-corrected chi connectivity index (χ2v) is 7.68. The predicted molar refractivity (Wildman–Crippen MR) is 112 cm³/mol. The minimum absolute atomic E-state index is 0.00129. The molecule has 32 heavy (non-hydrogen) atoms. The van der Waals surface area contributed by atoms with E-state index in [9.17, 15) is 15.0 Å². The molecule has 6 rings (SSSR count). The van der Waals surface area contributed by atoms with E-state index in [4.69, 9.17) is 21.1 Å². The van der Waals surface area contributed by atoms with Crippen molar-refractivity contribution in [3.05, 3.63) is 88.5 Å². The van der Waals surface area contributed by atoms with Crippen LogP contribution in [0.1, 0.15) is 27.0 Å². The van der Waals surface area contributed by atoms with Crippen LogP contribution in [-0.4, -0.2) is 31.1 Å². The largest absolute Gasteiger partial charge is 0.508 e. The fraction of sp³-hybridized carbons (Fsp3) is 0.0435. The highest BCUT2D eigenvalue weighted by molar-refractivity contribution is 6.28. The van der Waals surface area contributed by atoms with E-state index in [1.807, 2.05) is 0 Å². The van der Waals surface area contributed by atoms with Crippen molar-refractivity contribution in [1.82, 2.24) is 15.0 Å². The van der Waals surface area contributed by atoms with Crippen LogP contribution >= 0.6 is 11.6 Å². The maximum absolute atomic E-state index is 13.3. The van der Waals surface area contributed by atoms with Gasteiger partial charge in [-0.2, -0.15) is 4.98 Å². The number of aromatic hydroxyl groups is 2. The summed E-state index contributed by atoms with van der Waals surface area (Å²) in [5.74, 6) is 0.239. The summed E-state index contributed by atoms with van der Waals surface area (Å²) in [7, 11) is 0. The van der Waals surface area contributed by atoms with E-state index in [2.05, 4.69) is 15.0 Å². The Labute approximate surface area is 185 Å². The second-order valence-electron chi connectivity index (χ2n) is 7.34. The number of phenolic OH excluding ortho intramolecular Hbond substituents is 2. The van der Waals surface area contributed by atoms with Crippen molar-refractivity contribution in [3.63, 3.8) is 0 Å². The van der Waals surface area contributed by atoms with Crippen molar-refractivity contribution in [2.75, 3.05) is 0 Å². The first-order valence-corrected chi connectivity index (χ1v) is 9.92. The van der Waals surface area contributed by atoms with Gasteiger partial charge in [0.15, 0.2) is 11.4 Å². The number of phenols is 2. The van der Waals surface area contributed by atoms with Crippen LogP contribution in [0.25, 0.3) is 11.4 Å². The number of hydrogen-bond donors (Lipinski definition) is 2. The van der Waals surface area contributed by atoms with E-state index in [0.717, 1.165) is 0 Å². The lowest BCUT2D eigenvalue weighted by Gasteiger charge is -2.36. The summed E-state index contributed by atoms with van der Waals surface area (Å²) in [6, 6.07) is 14.4. The molecule has 9 heteroatoms. The van der Waals surface area contributed by atoms with Crippen LogP contribution in [0.5, 0.6) is 23.0 Å². The Balaban J connectivity index is 1.69. The van der Waals surface area contributed by atoms with Gasteiger partial charge in [-0.05, 0) is 35.9 Å². The van der Waals surface area contributed by atoms with Gasteiger partial charge in [0.1, 0.15) is 29.3 Å². The second kappa shape index (κ2) is 6.41. The van der Waals surface area contributed by atoms with E-state index in [0.29, 0.717) is 33.8 Å². The minimum atomic E-state index is -1.36. The molecule has 0 atom stereocenters. The average molecular weight is 446 g/mol. The number of fused-ring (bicyclic) bond motifs is 6. The zero-order chi connectivity index (χ0) is 22.0. The van der Waals surface area contributed by atoms with E-state index in [-0.39, 0.29) is 28.2 Å². The molecule has 0 radical (unpaired) electrons. The van der Waals surface area contributed by atoms with Crippen LogP contribution in [0.2, 0.25) is 5.28 Å². The van der Waals surface area contributed by atoms with Crippen molar-refractivity contribution in [2.24, 2.45) is 0 Å². The molecule has 1 spiro atoms. The maximum Gasteiger partial charge on any atom is 0.340 e. The lowest BCUT2D eigenvalue weighted by atomic mass is 9.77. The van der Waals surface area contributed by atoms with Gasteiger partial charge in [-0.3, -0.25) is 0 Å². The number of benzene rings is 3. The van der Waals surface area contributed by atoms with Crippen LogP contribution < -0.4 is 4.74 Å². The molecule has 3 heterocycles. The molecule has 4 aromatic rings. The van der Waals surface area contributed by atoms with Crippen LogP contribution in [0.3, 0.4) is 0 Å². The number of rotatable bonds is 1. The molecule has 0 unspecified atom stereocenters. The van der Waals surface area contributed by atoms with Crippen molar-refractivity contribution in [2.45, 2.75) is 5.60 Å². The molecule has 1 aromatic heterocycles. The van der Waals surface area contributed by atoms with Gasteiger partial charge in [0.05, 0.1) is 5.56 Å². The quantitative estimate of drug-likeness (QED) is 0.419. The third-order valence-electron chi connectivity index (χ3n) is 5.59. The number of aromatic nitrogens is 3. The molecule has 8 nitrogen and oxygen atoms in total. The summed E-state index contributed by atoms with van der Waals surface area (Å²) in [5.41, 5.74) is 0.996. The van der Waals surface area contributed by atoms with Gasteiger partial charge in [-0.1, -0.05) is 18.2 Å². The number of ether oxygens (including phenoxy) is 2. The first-order chi connectivity index (χ1) is 15.5. The van der Waals surface area contributed by atoms with Crippen molar-refractivity contribution < 1.29 is 24.5 Å². The molecule has 0 saturated carbocycles. The topological polar surface area (TPSA) is 115 Å². The van der Waals surface area contributed by atoms with Crippen LogP contribution in [0.15, 0.2) is 60.9 Å². The lowest BCUT2D eigenvalue weighted by Crippen LogP contribution is -2.32. The summed E-state index contributed by atoms with van der Waals surface area (Å²) in [6.45, 7) is 0. The van der Waals surface area contributed by atoms with E-state index in [1.165, 1.54) is 30.6 Å². The van der Waals surface area contributed by atoms with E-state index >= 15 is 0 Å². The molecule has 0 fully saturated rings. The molecule has 2 aliphatic heterocycles. The molecule has 0 saturated heterocycles. The summed E-state index contributed by atoms with van der Waals surface area (Å²) in [6.07, 6.45) is 1.27. The monoisotopic (exact) mass is 445 g/mol. The fourth-order valence-corrected chi connectivity index (χ4v) is 4.46. The normalized spacial score (nSPS) is 14.8. The Hall–Kier alpha value is -4.17. The number of carbonyl (C=O) groups excluding carboxylic acids is 1. The smallest absolute Gasteiger partial charge is 0.340 e. The van der Waals surface area contributed by atoms with Gasteiger partial charge in [0, 0.05) is 34.4 Å². The molecule has 0 bridgehead atoms. The van der Waals surface area contributed by atoms with Gasteiger partial charge in [0.25, 0.3) is 0 Å². The highest BCUT2D eigenvalue weighted by Crippen LogP contribution is 2.57. The first-order valence-electron chi connectivity index (χ1n) is 9.54. The molecule has 0 aliphatic carbocycles. The molecule has 156 valence electrons. The summed E-state index contributed by atoms with van der Waals surface area (Å²) in [5, 5.41) is 20.0. The zero-order valence-corrected chi connectivity index (χ0v) is 16.9. The van der Waals surface area contributed by atoms with Crippen LogP contribution in [0, 0.1) is 0 Å². The first kappa shape index (κ1) is 18.6.